The number of ketones is 1. The molecule has 0 radical (unpaired) electrons. The number of rotatable bonds is 11. The number of Topliss-reactive ketones (excluding diaryl/α,β-unsaturated/α-hetero) is 1. The van der Waals surface area contributed by atoms with Crippen molar-refractivity contribution in [2.75, 3.05) is 13.2 Å². The van der Waals surface area contributed by atoms with Crippen LogP contribution in [0, 0.1) is 0 Å². The Morgan fingerprint density at radius 2 is 1.42 bits per heavy atom. The summed E-state index contributed by atoms with van der Waals surface area (Å²) in [4.78, 5) is 12.2. The summed E-state index contributed by atoms with van der Waals surface area (Å²) in [7, 11) is 0. The van der Waals surface area contributed by atoms with Crippen LogP contribution in [0.1, 0.15) is 45.4 Å². The number of aliphatic hydroxyl groups excluding tert-OH is 7. The van der Waals surface area contributed by atoms with Crippen LogP contribution in [0.25, 0.3) is 0 Å². The average molecular weight is 452 g/mol. The molecule has 2 rings (SSSR count). The van der Waals surface area contributed by atoms with Crippen molar-refractivity contribution in [1.82, 2.24) is 0 Å². The monoisotopic (exact) mass is 452 g/mol. The van der Waals surface area contributed by atoms with Crippen LogP contribution in [0.5, 0.6) is 0 Å². The highest BCUT2D eigenvalue weighted by molar-refractivity contribution is 5.78. The second kappa shape index (κ2) is 12.5. The quantitative estimate of drug-likeness (QED) is 0.165. The van der Waals surface area contributed by atoms with Gasteiger partial charge in [-0.3, -0.25) is 4.79 Å². The van der Waals surface area contributed by atoms with Crippen LogP contribution in [0.2, 0.25) is 0 Å². The van der Waals surface area contributed by atoms with Gasteiger partial charge in [-0.1, -0.05) is 26.2 Å². The van der Waals surface area contributed by atoms with E-state index in [2.05, 4.69) is 6.92 Å². The summed E-state index contributed by atoms with van der Waals surface area (Å²) in [6.07, 6.45) is -10.5. The number of ether oxygens (including phenoxy) is 3. The molecule has 0 aliphatic carbocycles. The maximum Gasteiger partial charge on any atom is 0.187 e. The van der Waals surface area contributed by atoms with Crippen molar-refractivity contribution in [1.29, 1.82) is 0 Å². The van der Waals surface area contributed by atoms with Gasteiger partial charge in [0, 0.05) is 12.8 Å². The first-order chi connectivity index (χ1) is 14.7. The Kier molecular flexibility index (Phi) is 10.7. The third-order valence-corrected chi connectivity index (χ3v) is 5.84. The van der Waals surface area contributed by atoms with E-state index in [1.807, 2.05) is 0 Å². The van der Waals surface area contributed by atoms with Gasteiger partial charge in [0.05, 0.1) is 19.3 Å². The Hall–Kier alpha value is -0.730. The molecule has 0 saturated carbocycles. The zero-order valence-electron chi connectivity index (χ0n) is 17.7. The molecule has 10 atom stereocenters. The van der Waals surface area contributed by atoms with Crippen LogP contribution in [-0.2, 0) is 19.0 Å². The fourth-order valence-corrected chi connectivity index (χ4v) is 3.91. The van der Waals surface area contributed by atoms with Crippen LogP contribution in [-0.4, -0.2) is 116 Å². The van der Waals surface area contributed by atoms with E-state index in [1.54, 1.807) is 0 Å². The second-order valence-electron chi connectivity index (χ2n) is 8.23. The van der Waals surface area contributed by atoms with Crippen LogP contribution in [0.4, 0.5) is 0 Å². The van der Waals surface area contributed by atoms with Gasteiger partial charge in [0.15, 0.2) is 6.29 Å². The van der Waals surface area contributed by atoms with E-state index < -0.39 is 74.4 Å². The number of aliphatic hydroxyl groups is 7. The predicted octanol–water partition coefficient (Wildman–Crippen LogP) is -2.42. The summed E-state index contributed by atoms with van der Waals surface area (Å²) in [5.41, 5.74) is 0. The standard InChI is InChI=1S/C20H36O11/c1-2-3-4-5-6-10(23)7-11-14(24)17(27)19(13(9-22)29-11)31-20-18(28)16(26)15(25)12(8-21)30-20/h11-22,24-28H,2-9H2,1H3/t11-,12+,13+,14-,15+,16-,17+,18+,19+,20+/m0/s1. The minimum atomic E-state index is -1.72. The molecule has 2 heterocycles. The molecule has 11 nitrogen and oxygen atoms in total. The van der Waals surface area contributed by atoms with E-state index in [0.29, 0.717) is 6.42 Å². The van der Waals surface area contributed by atoms with Crippen molar-refractivity contribution in [2.45, 2.75) is 107 Å². The number of carbonyl (C=O) groups excluding carboxylic acids is 1. The molecule has 0 aromatic rings. The molecule has 0 aromatic carbocycles. The highest BCUT2D eigenvalue weighted by atomic mass is 16.7. The van der Waals surface area contributed by atoms with E-state index in [9.17, 15) is 40.5 Å². The van der Waals surface area contributed by atoms with Crippen molar-refractivity contribution in [2.24, 2.45) is 0 Å². The molecule has 0 aromatic heterocycles. The molecule has 0 bridgehead atoms. The lowest BCUT2D eigenvalue weighted by atomic mass is 9.91. The molecule has 2 saturated heterocycles. The number of unbranched alkanes of at least 4 members (excludes halogenated alkanes) is 3. The zero-order chi connectivity index (χ0) is 23.1. The lowest BCUT2D eigenvalue weighted by Crippen LogP contribution is -2.64. The number of carbonyl (C=O) groups is 1. The van der Waals surface area contributed by atoms with Gasteiger partial charge in [0.2, 0.25) is 0 Å². The van der Waals surface area contributed by atoms with Gasteiger partial charge in [-0.15, -0.1) is 0 Å². The number of hydrogen-bond donors (Lipinski definition) is 7. The molecule has 0 spiro atoms. The van der Waals surface area contributed by atoms with Crippen molar-refractivity contribution < 1.29 is 54.8 Å². The summed E-state index contributed by atoms with van der Waals surface area (Å²) in [5, 5.41) is 69.8. The zero-order valence-corrected chi connectivity index (χ0v) is 17.7. The predicted molar refractivity (Wildman–Crippen MR) is 105 cm³/mol. The van der Waals surface area contributed by atoms with Gasteiger partial charge in [-0.2, -0.15) is 0 Å². The lowest BCUT2D eigenvalue weighted by molar-refractivity contribution is -0.341. The first kappa shape index (κ1) is 26.5. The fraction of sp³-hybridized carbons (Fsp3) is 0.950. The normalized spacial score (nSPS) is 41.3. The van der Waals surface area contributed by atoms with E-state index in [4.69, 9.17) is 14.2 Å². The SMILES string of the molecule is CCCCCCC(=O)C[C@@H]1O[C@H](CO)[C@@H](O[C@H]2O[C@H](CO)[C@@H](O)[C@H](O)[C@H]2O)[C@H](O)[C@H]1O. The Balaban J connectivity index is 1.99. The van der Waals surface area contributed by atoms with Crippen LogP contribution in [0.15, 0.2) is 0 Å². The van der Waals surface area contributed by atoms with Crippen molar-refractivity contribution in [3.8, 4) is 0 Å². The molecule has 182 valence electrons. The minimum Gasteiger partial charge on any atom is -0.394 e. The largest absolute Gasteiger partial charge is 0.394 e. The highest BCUT2D eigenvalue weighted by Gasteiger charge is 2.50. The Labute approximate surface area is 181 Å². The topological polar surface area (TPSA) is 186 Å². The molecule has 2 fully saturated rings. The van der Waals surface area contributed by atoms with Gasteiger partial charge in [-0.05, 0) is 6.42 Å². The third-order valence-electron chi connectivity index (χ3n) is 5.84. The number of hydrogen-bond acceptors (Lipinski definition) is 11. The summed E-state index contributed by atoms with van der Waals surface area (Å²) in [6.45, 7) is 0.781. The lowest BCUT2D eigenvalue weighted by Gasteiger charge is -2.46. The average Bonchev–Trinajstić information content (AvgIpc) is 2.76. The second-order valence-corrected chi connectivity index (χ2v) is 8.23. The molecule has 2 aliphatic heterocycles. The van der Waals surface area contributed by atoms with Crippen LogP contribution >= 0.6 is 0 Å². The maximum atomic E-state index is 12.2. The first-order valence-electron chi connectivity index (χ1n) is 10.8. The van der Waals surface area contributed by atoms with E-state index in [1.165, 1.54) is 0 Å². The molecule has 2 aliphatic rings. The summed E-state index contributed by atoms with van der Waals surface area (Å²) in [5.74, 6) is -0.127. The molecule has 7 N–H and O–H groups in total. The highest BCUT2D eigenvalue weighted by Crippen LogP contribution is 2.30. The fourth-order valence-electron chi connectivity index (χ4n) is 3.91. The third kappa shape index (κ3) is 6.64. The van der Waals surface area contributed by atoms with Crippen molar-refractivity contribution in [3.63, 3.8) is 0 Å². The van der Waals surface area contributed by atoms with E-state index in [0.717, 1.165) is 25.7 Å². The Morgan fingerprint density at radius 3 is 2.03 bits per heavy atom. The Morgan fingerprint density at radius 1 is 0.774 bits per heavy atom. The smallest absolute Gasteiger partial charge is 0.187 e. The molecular formula is C20H36O11. The summed E-state index contributed by atoms with van der Waals surface area (Å²) < 4.78 is 16.3. The van der Waals surface area contributed by atoms with Gasteiger partial charge in [0.25, 0.3) is 0 Å². The van der Waals surface area contributed by atoms with Crippen molar-refractivity contribution in [3.05, 3.63) is 0 Å². The molecule has 31 heavy (non-hydrogen) atoms. The Bertz CT molecular complexity index is 543. The summed E-state index contributed by atoms with van der Waals surface area (Å²) in [6, 6.07) is 0. The van der Waals surface area contributed by atoms with Crippen LogP contribution < -0.4 is 0 Å². The summed E-state index contributed by atoms with van der Waals surface area (Å²) >= 11 is 0. The molecule has 0 amide bonds. The minimum absolute atomic E-state index is 0.127. The molecule has 11 heteroatoms. The van der Waals surface area contributed by atoms with Gasteiger partial charge in [0.1, 0.15) is 54.6 Å². The van der Waals surface area contributed by atoms with E-state index in [-0.39, 0.29) is 12.2 Å². The van der Waals surface area contributed by atoms with Crippen LogP contribution in [0.3, 0.4) is 0 Å². The van der Waals surface area contributed by atoms with Crippen molar-refractivity contribution >= 4 is 5.78 Å². The van der Waals surface area contributed by atoms with Gasteiger partial charge < -0.3 is 50.0 Å². The maximum absolute atomic E-state index is 12.2. The first-order valence-corrected chi connectivity index (χ1v) is 10.8. The van der Waals surface area contributed by atoms with E-state index >= 15 is 0 Å². The van der Waals surface area contributed by atoms with Gasteiger partial charge >= 0.3 is 0 Å². The molecule has 0 unspecified atom stereocenters. The van der Waals surface area contributed by atoms with Gasteiger partial charge in [-0.25, -0.2) is 0 Å². The molecular weight excluding hydrogens is 416 g/mol.